The van der Waals surface area contributed by atoms with Crippen LogP contribution in [-0.2, 0) is 4.79 Å². The second-order valence-electron chi connectivity index (χ2n) is 5.23. The average Bonchev–Trinajstić information content (AvgIpc) is 2.16. The van der Waals surface area contributed by atoms with Crippen LogP contribution < -0.4 is 0 Å². The lowest BCUT2D eigenvalue weighted by Crippen LogP contribution is -2.24. The van der Waals surface area contributed by atoms with Crippen LogP contribution in [0.1, 0.15) is 58.8 Å². The fraction of sp³-hybridized carbons (Fsp3) is 0.917. The van der Waals surface area contributed by atoms with Crippen LogP contribution in [0.5, 0.6) is 0 Å². The van der Waals surface area contributed by atoms with Crippen molar-refractivity contribution in [2.75, 3.05) is 0 Å². The number of hydrogen-bond acceptors (Lipinski definition) is 1. The molecule has 1 saturated carbocycles. The normalized spacial score (nSPS) is 19.6. The largest absolute Gasteiger partial charge is 0.481 e. The maximum absolute atomic E-state index is 10.9. The molecule has 0 aromatic heterocycles. The Bertz CT molecular complexity index is 190. The molecule has 0 amide bonds. The van der Waals surface area contributed by atoms with Crippen molar-refractivity contribution in [3.05, 3.63) is 0 Å². The van der Waals surface area contributed by atoms with Gasteiger partial charge in [-0.2, -0.15) is 0 Å². The van der Waals surface area contributed by atoms with Gasteiger partial charge in [0.1, 0.15) is 0 Å². The molecule has 2 heteroatoms. The van der Waals surface area contributed by atoms with E-state index < -0.39 is 11.4 Å². The lowest BCUT2D eigenvalue weighted by molar-refractivity contribution is -0.147. The maximum Gasteiger partial charge on any atom is 0.309 e. The zero-order chi connectivity index (χ0) is 10.6. The van der Waals surface area contributed by atoms with E-state index in [4.69, 9.17) is 5.11 Å². The summed E-state index contributed by atoms with van der Waals surface area (Å²) in [4.78, 5) is 10.9. The molecule has 0 atom stereocenters. The maximum atomic E-state index is 10.9. The van der Waals surface area contributed by atoms with Crippen LogP contribution >= 0.6 is 0 Å². The van der Waals surface area contributed by atoms with Crippen LogP contribution in [0.2, 0.25) is 0 Å². The lowest BCUT2D eigenvalue weighted by Gasteiger charge is -2.25. The third-order valence-electron chi connectivity index (χ3n) is 3.48. The van der Waals surface area contributed by atoms with E-state index in [1.807, 2.05) is 13.8 Å². The third kappa shape index (κ3) is 3.32. The van der Waals surface area contributed by atoms with Crippen LogP contribution in [0.15, 0.2) is 0 Å². The number of aliphatic carboxylic acids is 1. The summed E-state index contributed by atoms with van der Waals surface area (Å²) >= 11 is 0. The number of rotatable bonds is 4. The van der Waals surface area contributed by atoms with Crippen molar-refractivity contribution in [3.8, 4) is 0 Å². The Labute approximate surface area is 86.7 Å². The van der Waals surface area contributed by atoms with E-state index in [9.17, 15) is 4.79 Å². The van der Waals surface area contributed by atoms with Gasteiger partial charge in [-0.1, -0.05) is 32.1 Å². The SMILES string of the molecule is CC(C)(CCC1CCCCC1)C(=O)O. The smallest absolute Gasteiger partial charge is 0.309 e. The highest BCUT2D eigenvalue weighted by molar-refractivity contribution is 5.73. The molecular weight excluding hydrogens is 176 g/mol. The number of carboxylic acid groups (broad SMARTS) is 1. The number of hydrogen-bond donors (Lipinski definition) is 1. The number of carboxylic acids is 1. The molecule has 0 aromatic carbocycles. The second-order valence-corrected chi connectivity index (χ2v) is 5.23. The van der Waals surface area contributed by atoms with Gasteiger partial charge in [-0.3, -0.25) is 4.79 Å². The molecule has 0 heterocycles. The summed E-state index contributed by atoms with van der Waals surface area (Å²) in [5, 5.41) is 8.97. The molecule has 1 rings (SSSR count). The first-order valence-corrected chi connectivity index (χ1v) is 5.76. The highest BCUT2D eigenvalue weighted by Crippen LogP contribution is 2.32. The van der Waals surface area contributed by atoms with Crippen molar-refractivity contribution in [3.63, 3.8) is 0 Å². The standard InChI is InChI=1S/C12H22O2/c1-12(2,11(13)14)9-8-10-6-4-3-5-7-10/h10H,3-9H2,1-2H3,(H,13,14). The minimum atomic E-state index is -0.659. The van der Waals surface area contributed by atoms with Crippen molar-refractivity contribution in [2.45, 2.75) is 58.8 Å². The van der Waals surface area contributed by atoms with Gasteiger partial charge in [-0.25, -0.2) is 0 Å². The van der Waals surface area contributed by atoms with Gasteiger partial charge in [-0.05, 0) is 32.6 Å². The minimum absolute atomic E-state index is 0.530. The summed E-state index contributed by atoms with van der Waals surface area (Å²) in [5.74, 6) is 0.135. The van der Waals surface area contributed by atoms with E-state index in [2.05, 4.69) is 0 Å². The predicted molar refractivity (Wildman–Crippen MR) is 57.2 cm³/mol. The van der Waals surface area contributed by atoms with E-state index in [-0.39, 0.29) is 0 Å². The van der Waals surface area contributed by atoms with E-state index in [1.165, 1.54) is 32.1 Å². The fourth-order valence-corrected chi connectivity index (χ4v) is 2.15. The Morgan fingerprint density at radius 3 is 2.36 bits per heavy atom. The summed E-state index contributed by atoms with van der Waals surface area (Å²) in [5.41, 5.74) is -0.530. The molecule has 14 heavy (non-hydrogen) atoms. The molecule has 1 N–H and O–H groups in total. The summed E-state index contributed by atoms with van der Waals surface area (Å²) in [6, 6.07) is 0. The average molecular weight is 198 g/mol. The highest BCUT2D eigenvalue weighted by Gasteiger charge is 2.28. The first-order chi connectivity index (χ1) is 6.52. The molecule has 0 aromatic rings. The minimum Gasteiger partial charge on any atom is -0.481 e. The van der Waals surface area contributed by atoms with Crippen molar-refractivity contribution >= 4 is 5.97 Å². The second kappa shape index (κ2) is 4.81. The van der Waals surface area contributed by atoms with Gasteiger partial charge in [0, 0.05) is 0 Å². The van der Waals surface area contributed by atoms with E-state index in [1.54, 1.807) is 0 Å². The molecule has 2 nitrogen and oxygen atoms in total. The summed E-state index contributed by atoms with van der Waals surface area (Å²) < 4.78 is 0. The summed E-state index contributed by atoms with van der Waals surface area (Å²) in [7, 11) is 0. The Kier molecular flexibility index (Phi) is 3.97. The molecule has 0 aliphatic heterocycles. The monoisotopic (exact) mass is 198 g/mol. The molecule has 0 radical (unpaired) electrons. The van der Waals surface area contributed by atoms with Crippen LogP contribution in [0, 0.1) is 11.3 Å². The quantitative estimate of drug-likeness (QED) is 0.751. The molecule has 1 aliphatic carbocycles. The molecule has 0 unspecified atom stereocenters. The topological polar surface area (TPSA) is 37.3 Å². The molecule has 0 bridgehead atoms. The zero-order valence-electron chi connectivity index (χ0n) is 9.38. The molecule has 1 aliphatic rings. The predicted octanol–water partition coefficient (Wildman–Crippen LogP) is 3.46. The van der Waals surface area contributed by atoms with E-state index in [0.29, 0.717) is 0 Å². The van der Waals surface area contributed by atoms with Crippen molar-refractivity contribution in [1.29, 1.82) is 0 Å². The van der Waals surface area contributed by atoms with Gasteiger partial charge >= 0.3 is 5.97 Å². The lowest BCUT2D eigenvalue weighted by atomic mass is 9.80. The first-order valence-electron chi connectivity index (χ1n) is 5.76. The third-order valence-corrected chi connectivity index (χ3v) is 3.48. The van der Waals surface area contributed by atoms with Gasteiger partial charge in [0.05, 0.1) is 5.41 Å². The van der Waals surface area contributed by atoms with E-state index in [0.717, 1.165) is 18.8 Å². The van der Waals surface area contributed by atoms with Crippen LogP contribution in [0.25, 0.3) is 0 Å². The summed E-state index contributed by atoms with van der Waals surface area (Å²) in [6.45, 7) is 3.66. The van der Waals surface area contributed by atoms with Crippen LogP contribution in [-0.4, -0.2) is 11.1 Å². The molecular formula is C12H22O2. The van der Waals surface area contributed by atoms with Crippen LogP contribution in [0.4, 0.5) is 0 Å². The Morgan fingerprint density at radius 2 is 1.86 bits per heavy atom. The Hall–Kier alpha value is -0.530. The zero-order valence-corrected chi connectivity index (χ0v) is 9.38. The Balaban J connectivity index is 2.28. The van der Waals surface area contributed by atoms with Gasteiger partial charge < -0.3 is 5.11 Å². The van der Waals surface area contributed by atoms with E-state index >= 15 is 0 Å². The van der Waals surface area contributed by atoms with Gasteiger partial charge in [0.25, 0.3) is 0 Å². The molecule has 0 spiro atoms. The van der Waals surface area contributed by atoms with Crippen LogP contribution in [0.3, 0.4) is 0 Å². The van der Waals surface area contributed by atoms with Gasteiger partial charge in [0.15, 0.2) is 0 Å². The summed E-state index contributed by atoms with van der Waals surface area (Å²) in [6.07, 6.45) is 8.62. The molecule has 1 fully saturated rings. The highest BCUT2D eigenvalue weighted by atomic mass is 16.4. The number of carbonyl (C=O) groups is 1. The first kappa shape index (κ1) is 11.5. The van der Waals surface area contributed by atoms with Crippen molar-refractivity contribution in [1.82, 2.24) is 0 Å². The van der Waals surface area contributed by atoms with Crippen molar-refractivity contribution < 1.29 is 9.90 Å². The molecule has 82 valence electrons. The van der Waals surface area contributed by atoms with Gasteiger partial charge in [0.2, 0.25) is 0 Å². The van der Waals surface area contributed by atoms with Gasteiger partial charge in [-0.15, -0.1) is 0 Å². The van der Waals surface area contributed by atoms with Crippen molar-refractivity contribution in [2.24, 2.45) is 11.3 Å². The Morgan fingerprint density at radius 1 is 1.29 bits per heavy atom. The molecule has 0 saturated heterocycles. The fourth-order valence-electron chi connectivity index (χ4n) is 2.15.